The first-order valence-electron chi connectivity index (χ1n) is 4.20. The normalized spacial score (nSPS) is 23.1. The highest BCUT2D eigenvalue weighted by atomic mass is 16.5. The minimum Gasteiger partial charge on any atom is -0.469 e. The lowest BCUT2D eigenvalue weighted by Gasteiger charge is -2.29. The first-order valence-corrected chi connectivity index (χ1v) is 4.20. The molecule has 0 aromatic rings. The Bertz CT molecular complexity index is 217. The summed E-state index contributed by atoms with van der Waals surface area (Å²) in [6.45, 7) is 1.42. The first-order chi connectivity index (χ1) is 6.15. The average Bonchev–Trinajstić information content (AvgIpc) is 2.13. The van der Waals surface area contributed by atoms with E-state index in [-0.39, 0.29) is 18.3 Å². The Morgan fingerprint density at radius 1 is 1.77 bits per heavy atom. The van der Waals surface area contributed by atoms with Crippen molar-refractivity contribution in [2.24, 2.45) is 0 Å². The van der Waals surface area contributed by atoms with Gasteiger partial charge in [0.25, 0.3) is 0 Å². The van der Waals surface area contributed by atoms with Gasteiger partial charge in [-0.05, 0) is 0 Å². The molecule has 1 atom stereocenters. The minimum atomic E-state index is -0.411. The SMILES string of the molecule is COC(=O)C[C@H]1NCCN(C)C1=O. The molecule has 0 bridgehead atoms. The maximum atomic E-state index is 11.4. The molecule has 0 aromatic carbocycles. The van der Waals surface area contributed by atoms with Crippen LogP contribution in [0.2, 0.25) is 0 Å². The molecule has 0 unspecified atom stereocenters. The molecule has 0 spiro atoms. The van der Waals surface area contributed by atoms with Crippen LogP contribution < -0.4 is 5.32 Å². The number of nitrogens with zero attached hydrogens (tertiary/aromatic N) is 1. The summed E-state index contributed by atoms with van der Waals surface area (Å²) >= 11 is 0. The molecule has 1 aliphatic heterocycles. The van der Waals surface area contributed by atoms with Gasteiger partial charge >= 0.3 is 5.97 Å². The summed E-state index contributed by atoms with van der Waals surface area (Å²) in [4.78, 5) is 23.9. The molecule has 1 N–H and O–H groups in total. The fraction of sp³-hybridized carbons (Fsp3) is 0.750. The van der Waals surface area contributed by atoms with E-state index in [2.05, 4.69) is 10.1 Å². The number of esters is 1. The van der Waals surface area contributed by atoms with Gasteiger partial charge in [0.15, 0.2) is 0 Å². The number of piperazine rings is 1. The third-order valence-corrected chi connectivity index (χ3v) is 2.11. The fourth-order valence-corrected chi connectivity index (χ4v) is 1.28. The number of methoxy groups -OCH3 is 1. The summed E-state index contributed by atoms with van der Waals surface area (Å²) in [6, 6.07) is -0.411. The second kappa shape index (κ2) is 4.23. The van der Waals surface area contributed by atoms with Gasteiger partial charge < -0.3 is 15.0 Å². The van der Waals surface area contributed by atoms with Crippen molar-refractivity contribution >= 4 is 11.9 Å². The number of carbonyl (C=O) groups excluding carboxylic acids is 2. The molecule has 13 heavy (non-hydrogen) atoms. The predicted octanol–water partition coefficient (Wildman–Crippen LogP) is -1.02. The monoisotopic (exact) mass is 186 g/mol. The number of ether oxygens (including phenoxy) is 1. The number of hydrogen-bond acceptors (Lipinski definition) is 4. The van der Waals surface area contributed by atoms with Gasteiger partial charge in [0.05, 0.1) is 19.6 Å². The molecule has 1 aliphatic rings. The van der Waals surface area contributed by atoms with Gasteiger partial charge in [-0.15, -0.1) is 0 Å². The topological polar surface area (TPSA) is 58.6 Å². The minimum absolute atomic E-state index is 0.0448. The Kier molecular flexibility index (Phi) is 3.25. The zero-order chi connectivity index (χ0) is 9.84. The molecule has 0 saturated carbocycles. The second-order valence-corrected chi connectivity index (χ2v) is 3.05. The summed E-state index contributed by atoms with van der Waals surface area (Å²) < 4.78 is 4.49. The lowest BCUT2D eigenvalue weighted by atomic mass is 10.1. The lowest BCUT2D eigenvalue weighted by molar-refractivity contribution is -0.145. The van der Waals surface area contributed by atoms with Crippen LogP contribution in [0.1, 0.15) is 6.42 Å². The Morgan fingerprint density at radius 3 is 3.08 bits per heavy atom. The van der Waals surface area contributed by atoms with E-state index in [9.17, 15) is 9.59 Å². The van der Waals surface area contributed by atoms with E-state index in [1.165, 1.54) is 7.11 Å². The Labute approximate surface area is 77.0 Å². The van der Waals surface area contributed by atoms with E-state index in [0.717, 1.165) is 6.54 Å². The van der Waals surface area contributed by atoms with Crippen LogP contribution in [0.5, 0.6) is 0 Å². The van der Waals surface area contributed by atoms with Crippen LogP contribution in [0.25, 0.3) is 0 Å². The molecule has 0 aromatic heterocycles. The van der Waals surface area contributed by atoms with Gasteiger partial charge in [-0.2, -0.15) is 0 Å². The standard InChI is InChI=1S/C8H14N2O3/c1-10-4-3-9-6(8(10)12)5-7(11)13-2/h6,9H,3-5H2,1-2H3/t6-/m1/s1. The summed E-state index contributed by atoms with van der Waals surface area (Å²) in [6.07, 6.45) is 0.111. The molecule has 1 heterocycles. The van der Waals surface area contributed by atoms with Crippen LogP contribution in [0.15, 0.2) is 0 Å². The zero-order valence-electron chi connectivity index (χ0n) is 7.87. The molecule has 1 saturated heterocycles. The van der Waals surface area contributed by atoms with Crippen molar-refractivity contribution in [3.8, 4) is 0 Å². The summed E-state index contributed by atoms with van der Waals surface area (Å²) in [5.74, 6) is -0.405. The predicted molar refractivity (Wildman–Crippen MR) is 46.1 cm³/mol. The molecule has 5 heteroatoms. The fourth-order valence-electron chi connectivity index (χ4n) is 1.28. The highest BCUT2D eigenvalue weighted by molar-refractivity contribution is 5.87. The quantitative estimate of drug-likeness (QED) is 0.561. The van der Waals surface area contributed by atoms with E-state index >= 15 is 0 Å². The number of amides is 1. The largest absolute Gasteiger partial charge is 0.469 e. The van der Waals surface area contributed by atoms with Gasteiger partial charge in [0, 0.05) is 20.1 Å². The van der Waals surface area contributed by atoms with Crippen molar-refractivity contribution < 1.29 is 14.3 Å². The number of nitrogens with one attached hydrogen (secondary N) is 1. The lowest BCUT2D eigenvalue weighted by Crippen LogP contribution is -2.54. The van der Waals surface area contributed by atoms with Crippen molar-refractivity contribution in [2.75, 3.05) is 27.2 Å². The molecule has 5 nitrogen and oxygen atoms in total. The van der Waals surface area contributed by atoms with Gasteiger partial charge in [-0.25, -0.2) is 0 Å². The molecule has 0 radical (unpaired) electrons. The van der Waals surface area contributed by atoms with Crippen molar-refractivity contribution in [3.05, 3.63) is 0 Å². The Hall–Kier alpha value is -1.10. The maximum Gasteiger partial charge on any atom is 0.307 e. The van der Waals surface area contributed by atoms with E-state index < -0.39 is 6.04 Å². The third kappa shape index (κ3) is 2.42. The van der Waals surface area contributed by atoms with Crippen LogP contribution in [0.3, 0.4) is 0 Å². The van der Waals surface area contributed by atoms with Crippen LogP contribution >= 0.6 is 0 Å². The smallest absolute Gasteiger partial charge is 0.307 e. The average molecular weight is 186 g/mol. The van der Waals surface area contributed by atoms with Gasteiger partial charge in [0.1, 0.15) is 0 Å². The van der Waals surface area contributed by atoms with Crippen LogP contribution in [0, 0.1) is 0 Å². The molecular weight excluding hydrogens is 172 g/mol. The molecule has 0 aliphatic carbocycles. The zero-order valence-corrected chi connectivity index (χ0v) is 7.87. The summed E-state index contributed by atoms with van der Waals surface area (Å²) in [7, 11) is 3.05. The van der Waals surface area contributed by atoms with Gasteiger partial charge in [-0.1, -0.05) is 0 Å². The maximum absolute atomic E-state index is 11.4. The number of likely N-dealkylation sites (N-methyl/N-ethyl adjacent to an activating group) is 1. The second-order valence-electron chi connectivity index (χ2n) is 3.05. The van der Waals surface area contributed by atoms with E-state index in [4.69, 9.17) is 0 Å². The van der Waals surface area contributed by atoms with Crippen LogP contribution in [-0.4, -0.2) is 50.1 Å². The molecule has 1 fully saturated rings. The number of carbonyl (C=O) groups is 2. The number of hydrogen-bond donors (Lipinski definition) is 1. The van der Waals surface area contributed by atoms with E-state index in [0.29, 0.717) is 6.54 Å². The van der Waals surface area contributed by atoms with Crippen molar-refractivity contribution in [1.29, 1.82) is 0 Å². The van der Waals surface area contributed by atoms with Crippen molar-refractivity contribution in [2.45, 2.75) is 12.5 Å². The van der Waals surface area contributed by atoms with Crippen molar-refractivity contribution in [3.63, 3.8) is 0 Å². The Balaban J connectivity index is 2.49. The molecule has 1 rings (SSSR count). The molecule has 1 amide bonds. The first kappa shape index (κ1) is 9.98. The van der Waals surface area contributed by atoms with E-state index in [1.54, 1.807) is 11.9 Å². The van der Waals surface area contributed by atoms with Crippen molar-refractivity contribution in [1.82, 2.24) is 10.2 Å². The molecular formula is C8H14N2O3. The highest BCUT2D eigenvalue weighted by Crippen LogP contribution is 2.03. The van der Waals surface area contributed by atoms with Gasteiger partial charge in [-0.3, -0.25) is 9.59 Å². The van der Waals surface area contributed by atoms with Gasteiger partial charge in [0.2, 0.25) is 5.91 Å². The highest BCUT2D eigenvalue weighted by Gasteiger charge is 2.27. The molecule has 74 valence electrons. The van der Waals surface area contributed by atoms with E-state index in [1.807, 2.05) is 0 Å². The third-order valence-electron chi connectivity index (χ3n) is 2.11. The van der Waals surface area contributed by atoms with Crippen LogP contribution in [-0.2, 0) is 14.3 Å². The Morgan fingerprint density at radius 2 is 2.46 bits per heavy atom. The summed E-state index contributed by atoms with van der Waals surface area (Å²) in [5.41, 5.74) is 0. The van der Waals surface area contributed by atoms with Crippen LogP contribution in [0.4, 0.5) is 0 Å². The summed E-state index contributed by atoms with van der Waals surface area (Å²) in [5, 5.41) is 2.97. The number of rotatable bonds is 2.